The SMILES string of the molecule is C=C1C[C@H](C(=O)OCC)N(B(C)O)C1=O.CC(C)(C)OC(=O)OC(=O)OC(C)(C)C.CCOC(=O)[C@H]1C/C(=C\N(C)C)C(=O)N1B(C)O.CCOC(=O)[C@H]1CCC(=O)N1.CCOC(=O)[C@H]1CCC(=O)N1B(C)O.N[C@H](CCC(=O)O)C(=O)O.O=C1CC[C@H](C(=O)O)N1. The highest BCUT2D eigenvalue weighted by Crippen LogP contribution is 2.27. The van der Waals surface area contributed by atoms with Crippen molar-refractivity contribution in [3.8, 4) is 0 Å². The topological polar surface area (TPSA) is 488 Å². The molecule has 10 N–H and O–H groups in total. The molecular weight excluding hydrogens is 1220 g/mol. The van der Waals surface area contributed by atoms with Gasteiger partial charge in [0, 0.05) is 70.0 Å². The van der Waals surface area contributed by atoms with E-state index < -0.39 is 117 Å². The molecule has 0 aromatic rings. The minimum atomic E-state index is -1.17. The van der Waals surface area contributed by atoms with Gasteiger partial charge in [-0.05, 0) is 115 Å². The molecule has 5 aliphatic rings. The molecule has 37 heteroatoms. The van der Waals surface area contributed by atoms with E-state index in [1.807, 2.05) is 0 Å². The molecule has 0 spiro atoms. The Kier molecular flexibility index (Phi) is 39.1. The maximum atomic E-state index is 12.1. The molecule has 0 aromatic heterocycles. The Labute approximate surface area is 535 Å². The zero-order valence-corrected chi connectivity index (χ0v) is 55.0. The number of carboxylic acid groups (broad SMARTS) is 3. The van der Waals surface area contributed by atoms with Gasteiger partial charge in [0.1, 0.15) is 47.5 Å². The van der Waals surface area contributed by atoms with Gasteiger partial charge in [0.15, 0.2) is 0 Å². The van der Waals surface area contributed by atoms with Crippen molar-refractivity contribution in [2.45, 2.75) is 201 Å². The molecule has 34 nitrogen and oxygen atoms in total. The molecule has 5 aliphatic heterocycles. The normalized spacial score (nSPS) is 19.4. The molecule has 0 saturated carbocycles. The number of nitrogens with two attached hydrogens (primary N) is 1. The van der Waals surface area contributed by atoms with E-state index >= 15 is 0 Å². The fourth-order valence-corrected chi connectivity index (χ4v) is 8.08. The summed E-state index contributed by atoms with van der Waals surface area (Å²) in [5.41, 5.74) is 4.44. The van der Waals surface area contributed by atoms with Crippen molar-refractivity contribution >= 4 is 105 Å². The summed E-state index contributed by atoms with van der Waals surface area (Å²) in [4.78, 5) is 159. The van der Waals surface area contributed by atoms with Gasteiger partial charge in [-0.15, -0.1) is 0 Å². The van der Waals surface area contributed by atoms with Crippen LogP contribution < -0.4 is 16.4 Å². The third kappa shape index (κ3) is 33.7. The van der Waals surface area contributed by atoms with Crippen LogP contribution in [0.5, 0.6) is 0 Å². The van der Waals surface area contributed by atoms with Crippen LogP contribution in [0.2, 0.25) is 20.5 Å². The molecule has 6 atom stereocenters. The van der Waals surface area contributed by atoms with E-state index in [1.54, 1.807) is 94.4 Å². The first-order chi connectivity index (χ1) is 42.4. The van der Waals surface area contributed by atoms with Crippen molar-refractivity contribution in [1.82, 2.24) is 30.0 Å². The van der Waals surface area contributed by atoms with E-state index in [1.165, 1.54) is 25.3 Å². The second-order valence-electron chi connectivity index (χ2n) is 22.4. The molecule has 5 fully saturated rings. The molecule has 0 radical (unpaired) electrons. The maximum absolute atomic E-state index is 12.1. The predicted octanol–water partition coefficient (Wildman–Crippen LogP) is 0.488. The highest BCUT2D eigenvalue weighted by Gasteiger charge is 2.45. The van der Waals surface area contributed by atoms with Gasteiger partial charge in [-0.3, -0.25) is 33.6 Å². The van der Waals surface area contributed by atoms with Gasteiger partial charge in [-0.25, -0.2) is 33.6 Å². The lowest BCUT2D eigenvalue weighted by Crippen LogP contribution is -2.47. The molecule has 5 rings (SSSR count). The van der Waals surface area contributed by atoms with Crippen molar-refractivity contribution < 1.29 is 131 Å². The fraction of sp³-hybridized carbons (Fsp3) is 0.673. The third-order valence-corrected chi connectivity index (χ3v) is 11.9. The molecule has 0 aliphatic carbocycles. The molecule has 0 unspecified atom stereocenters. The fourth-order valence-electron chi connectivity index (χ4n) is 8.08. The van der Waals surface area contributed by atoms with Crippen molar-refractivity contribution in [2.24, 2.45) is 5.73 Å². The van der Waals surface area contributed by atoms with E-state index in [0.29, 0.717) is 56.3 Å². The largest absolute Gasteiger partial charge is 0.519 e. The van der Waals surface area contributed by atoms with E-state index in [2.05, 4.69) is 21.9 Å². The van der Waals surface area contributed by atoms with Crippen LogP contribution >= 0.6 is 0 Å². The van der Waals surface area contributed by atoms with E-state index in [0.717, 1.165) is 9.62 Å². The first-order valence-corrected chi connectivity index (χ1v) is 29.3. The summed E-state index contributed by atoms with van der Waals surface area (Å²) < 4.78 is 33.1. The van der Waals surface area contributed by atoms with E-state index in [4.69, 9.17) is 49.5 Å². The lowest BCUT2D eigenvalue weighted by molar-refractivity contribution is -0.149. The van der Waals surface area contributed by atoms with E-state index in [-0.39, 0.29) is 81.0 Å². The summed E-state index contributed by atoms with van der Waals surface area (Å²) in [7, 11) is 0.639. The number of rotatable bonds is 17. The number of aliphatic carboxylic acids is 3. The Morgan fingerprint density at radius 3 is 1.34 bits per heavy atom. The molecule has 0 aromatic carbocycles. The summed E-state index contributed by atoms with van der Waals surface area (Å²) in [5.74, 6) is -6.00. The number of hydrogen-bond acceptors (Lipinski definition) is 26. The highest BCUT2D eigenvalue weighted by atomic mass is 16.8. The average molecular weight is 1320 g/mol. The summed E-state index contributed by atoms with van der Waals surface area (Å²) in [5, 5.41) is 57.7. The quantitative estimate of drug-likeness (QED) is 0.0314. The summed E-state index contributed by atoms with van der Waals surface area (Å²) >= 11 is 0. The Morgan fingerprint density at radius 2 is 1.00 bits per heavy atom. The van der Waals surface area contributed by atoms with Crippen molar-refractivity contribution in [3.05, 3.63) is 23.9 Å². The van der Waals surface area contributed by atoms with Gasteiger partial charge in [-0.2, -0.15) is 0 Å². The average Bonchev–Trinajstić information content (AvgIpc) is 1.69. The predicted molar refractivity (Wildman–Crippen MR) is 325 cm³/mol. The molecule has 518 valence electrons. The number of nitrogens with zero attached hydrogens (tertiary/aromatic N) is 4. The molecule has 92 heavy (non-hydrogen) atoms. The number of hydrogen-bond donors (Lipinski definition) is 9. The molecule has 0 bridgehead atoms. The Bertz CT molecular complexity index is 2570. The molecular formula is C55H92B3N7O27. The van der Waals surface area contributed by atoms with Crippen molar-refractivity contribution in [1.29, 1.82) is 0 Å². The maximum Gasteiger partial charge on any atom is 0.519 e. The van der Waals surface area contributed by atoms with Crippen LogP contribution in [-0.2, 0) is 90.7 Å². The summed E-state index contributed by atoms with van der Waals surface area (Å²) in [6.45, 7) is 25.9. The molecule has 5 amide bonds. The Hall–Kier alpha value is -8.31. The summed E-state index contributed by atoms with van der Waals surface area (Å²) in [6, 6.07) is -4.17. The number of ether oxygens (including phenoxy) is 7. The van der Waals surface area contributed by atoms with Gasteiger partial charge < -0.3 is 99.2 Å². The monoisotopic (exact) mass is 1320 g/mol. The minimum Gasteiger partial charge on any atom is -0.481 e. The smallest absolute Gasteiger partial charge is 0.481 e. The van der Waals surface area contributed by atoms with Crippen LogP contribution in [0.25, 0.3) is 0 Å². The molecule has 5 heterocycles. The van der Waals surface area contributed by atoms with Gasteiger partial charge >= 0.3 is 75.2 Å². The van der Waals surface area contributed by atoms with Gasteiger partial charge in [0.05, 0.1) is 26.4 Å². The van der Waals surface area contributed by atoms with Gasteiger partial charge in [0.25, 0.3) is 0 Å². The minimum absolute atomic E-state index is 0.0231. The van der Waals surface area contributed by atoms with Gasteiger partial charge in [-0.1, -0.05) is 6.58 Å². The van der Waals surface area contributed by atoms with Crippen LogP contribution in [0.4, 0.5) is 9.59 Å². The van der Waals surface area contributed by atoms with Crippen LogP contribution in [0, 0.1) is 0 Å². The number of carbonyl (C=O) groups is 14. The standard InChI is InChI=1S/C11H19BN2O4.C10H18O5.C9H14BNO4.C8H14BNO4.C7H11NO3.C5H9NO4.C5H7NO3/c1-5-18-11(16)9-6-8(7-13(3)4)10(15)14(9)12(2)17;1-9(2,3)14-7(11)13-8(12)15-10(4,5)6;1-4-15-9(13)7-5-6(2)8(12)11(7)10(3)14;1-3-14-8(12)6-4-5-7(11)10(6)9(2)13;1-2-11-7(10)5-3-4-6(9)8-5;6-3(5(9)10)1-2-4(7)8;7-4-2-1-3(6-4)5(8)9/h7,9,17H,5-6H2,1-4H3;1-6H3;7,14H,2,4-5H2,1,3H3;6,13H,3-5H2,1-2H3;5H,2-4H2,1H3,(H,8,9);3H,1-2,6H2,(H,7,8)(H,9,10);3H,1-2H2,(H,6,7)(H,8,9)/b8-7+;;;;;;/t9-;;7-;6-;5-;2*3-/m1.11111/s1. The first kappa shape index (κ1) is 85.8. The number of nitrogens with one attached hydrogen (secondary N) is 2. The zero-order chi connectivity index (χ0) is 71.7. The second-order valence-corrected chi connectivity index (χ2v) is 22.4. The number of amides is 5. The lowest BCUT2D eigenvalue weighted by atomic mass is 9.84. The van der Waals surface area contributed by atoms with Crippen LogP contribution in [-0.4, -0.2) is 242 Å². The third-order valence-electron chi connectivity index (χ3n) is 11.9. The zero-order valence-electron chi connectivity index (χ0n) is 55.0. The summed E-state index contributed by atoms with van der Waals surface area (Å²) in [6.07, 6.45) is 2.32. The first-order valence-electron chi connectivity index (χ1n) is 29.3. The van der Waals surface area contributed by atoms with Crippen LogP contribution in [0.1, 0.15) is 133 Å². The Balaban J connectivity index is 0. The van der Waals surface area contributed by atoms with Crippen molar-refractivity contribution in [2.75, 3.05) is 40.5 Å². The number of esters is 4. The lowest BCUT2D eigenvalue weighted by Gasteiger charge is -2.23. The number of carbonyl (C=O) groups excluding carboxylic acids is 11. The Morgan fingerprint density at radius 1 is 0.609 bits per heavy atom. The van der Waals surface area contributed by atoms with Gasteiger partial charge in [0.2, 0.25) is 29.5 Å². The molecule has 5 saturated heterocycles. The van der Waals surface area contributed by atoms with Crippen LogP contribution in [0.3, 0.4) is 0 Å². The second kappa shape index (κ2) is 42.0. The number of carboxylic acids is 3. The van der Waals surface area contributed by atoms with E-state index in [9.17, 15) is 82.2 Å². The van der Waals surface area contributed by atoms with Crippen molar-refractivity contribution in [3.63, 3.8) is 0 Å². The van der Waals surface area contributed by atoms with Crippen LogP contribution in [0.15, 0.2) is 23.9 Å². The highest BCUT2D eigenvalue weighted by molar-refractivity contribution is 6.51.